The van der Waals surface area contributed by atoms with E-state index in [1.165, 1.54) is 6.26 Å². The Morgan fingerprint density at radius 1 is 1.54 bits per heavy atom. The van der Waals surface area contributed by atoms with E-state index in [1.54, 1.807) is 6.07 Å². The molecule has 0 aliphatic rings. The van der Waals surface area contributed by atoms with Crippen molar-refractivity contribution in [3.05, 3.63) is 22.8 Å². The molecule has 0 unspecified atom stereocenters. The number of hydrogen-bond acceptors (Lipinski definition) is 5. The van der Waals surface area contributed by atoms with E-state index in [0.717, 1.165) is 0 Å². The van der Waals surface area contributed by atoms with Gasteiger partial charge in [-0.15, -0.1) is 0 Å². The van der Waals surface area contributed by atoms with Crippen LogP contribution < -0.4 is 0 Å². The summed E-state index contributed by atoms with van der Waals surface area (Å²) >= 11 is 3.15. The molecular formula is C7H5BrN2O3. The molecule has 0 spiro atoms. The number of rotatable bonds is 2. The van der Waals surface area contributed by atoms with Gasteiger partial charge in [0.1, 0.15) is 12.9 Å². The predicted molar refractivity (Wildman–Crippen MR) is 45.6 cm³/mol. The average molecular weight is 245 g/mol. The van der Waals surface area contributed by atoms with Gasteiger partial charge >= 0.3 is 0 Å². The number of furan rings is 1. The van der Waals surface area contributed by atoms with Gasteiger partial charge in [0.2, 0.25) is 0 Å². The van der Waals surface area contributed by atoms with Gasteiger partial charge in [-0.3, -0.25) is 0 Å². The summed E-state index contributed by atoms with van der Waals surface area (Å²) in [6.45, 7) is -0.234. The topological polar surface area (TPSA) is 72.3 Å². The molecule has 2 aromatic rings. The highest BCUT2D eigenvalue weighted by atomic mass is 79.9. The van der Waals surface area contributed by atoms with Crippen LogP contribution in [0.3, 0.4) is 0 Å². The molecule has 1 N–H and O–H groups in total. The number of aliphatic hydroxyl groups is 1. The smallest absolute Gasteiger partial charge is 0.261 e. The van der Waals surface area contributed by atoms with E-state index in [2.05, 4.69) is 26.1 Å². The zero-order valence-electron chi connectivity index (χ0n) is 6.40. The maximum atomic E-state index is 8.69. The lowest BCUT2D eigenvalue weighted by molar-refractivity contribution is 0.264. The monoisotopic (exact) mass is 244 g/mol. The van der Waals surface area contributed by atoms with Gasteiger partial charge in [-0.25, -0.2) is 0 Å². The standard InChI is InChI=1S/C7H5BrN2O3/c8-5-1-4(3-12-5)7-9-6(2-11)10-13-7/h1,3,11H,2H2. The van der Waals surface area contributed by atoms with E-state index in [9.17, 15) is 0 Å². The number of nitrogens with zero attached hydrogens (tertiary/aromatic N) is 2. The first-order valence-corrected chi connectivity index (χ1v) is 4.27. The summed E-state index contributed by atoms with van der Waals surface area (Å²) in [4.78, 5) is 3.90. The zero-order chi connectivity index (χ0) is 9.26. The second kappa shape index (κ2) is 3.31. The van der Waals surface area contributed by atoms with Crippen molar-refractivity contribution in [3.63, 3.8) is 0 Å². The maximum Gasteiger partial charge on any atom is 0.261 e. The molecule has 5 nitrogen and oxygen atoms in total. The summed E-state index contributed by atoms with van der Waals surface area (Å²) in [6, 6.07) is 1.70. The summed E-state index contributed by atoms with van der Waals surface area (Å²) in [5.74, 6) is 0.589. The molecule has 6 heteroatoms. The Labute approximate surface area is 81.5 Å². The van der Waals surface area contributed by atoms with Crippen LogP contribution in [0.1, 0.15) is 5.82 Å². The fourth-order valence-electron chi connectivity index (χ4n) is 0.858. The maximum absolute atomic E-state index is 8.69. The third kappa shape index (κ3) is 1.63. The van der Waals surface area contributed by atoms with Crippen LogP contribution in [0.2, 0.25) is 0 Å². The van der Waals surface area contributed by atoms with Gasteiger partial charge in [-0.05, 0) is 15.9 Å². The van der Waals surface area contributed by atoms with Crippen molar-refractivity contribution in [2.75, 3.05) is 0 Å². The summed E-state index contributed by atoms with van der Waals surface area (Å²) < 4.78 is 10.4. The first-order chi connectivity index (χ1) is 6.29. The van der Waals surface area contributed by atoms with Crippen molar-refractivity contribution in [1.29, 1.82) is 0 Å². The van der Waals surface area contributed by atoms with Crippen molar-refractivity contribution in [1.82, 2.24) is 10.1 Å². The van der Waals surface area contributed by atoms with Crippen LogP contribution in [0.4, 0.5) is 0 Å². The van der Waals surface area contributed by atoms with Gasteiger partial charge in [0.25, 0.3) is 5.89 Å². The Morgan fingerprint density at radius 3 is 2.92 bits per heavy atom. The molecular weight excluding hydrogens is 240 g/mol. The summed E-state index contributed by atoms with van der Waals surface area (Å²) in [7, 11) is 0. The Bertz CT molecular complexity index is 409. The van der Waals surface area contributed by atoms with E-state index in [4.69, 9.17) is 14.0 Å². The van der Waals surface area contributed by atoms with Crippen LogP contribution in [-0.2, 0) is 6.61 Å². The third-order valence-corrected chi connectivity index (χ3v) is 1.84. The number of aliphatic hydroxyl groups excluding tert-OH is 1. The van der Waals surface area contributed by atoms with Crippen LogP contribution in [0, 0.1) is 0 Å². The lowest BCUT2D eigenvalue weighted by Gasteiger charge is -1.80. The summed E-state index contributed by atoms with van der Waals surface area (Å²) in [5, 5.41) is 12.2. The minimum Gasteiger partial charge on any atom is -0.457 e. The van der Waals surface area contributed by atoms with Gasteiger partial charge in [0.05, 0.1) is 5.56 Å². The fraction of sp³-hybridized carbons (Fsp3) is 0.143. The minimum absolute atomic E-state index is 0.234. The minimum atomic E-state index is -0.234. The predicted octanol–water partition coefficient (Wildman–Crippen LogP) is 1.58. The molecule has 68 valence electrons. The molecule has 0 saturated heterocycles. The Kier molecular flexibility index (Phi) is 2.15. The highest BCUT2D eigenvalue weighted by Gasteiger charge is 2.10. The van der Waals surface area contributed by atoms with Crippen molar-refractivity contribution < 1.29 is 14.0 Å². The Morgan fingerprint density at radius 2 is 2.38 bits per heavy atom. The third-order valence-electron chi connectivity index (χ3n) is 1.42. The molecule has 0 radical (unpaired) electrons. The fourth-order valence-corrected chi connectivity index (χ4v) is 1.20. The van der Waals surface area contributed by atoms with Crippen molar-refractivity contribution >= 4 is 15.9 Å². The number of aromatic nitrogens is 2. The van der Waals surface area contributed by atoms with Crippen LogP contribution in [0.15, 0.2) is 25.9 Å². The van der Waals surface area contributed by atoms with Crippen molar-refractivity contribution in [2.45, 2.75) is 6.61 Å². The molecule has 0 aliphatic carbocycles. The molecule has 0 saturated carbocycles. The molecule has 2 aromatic heterocycles. The van der Waals surface area contributed by atoms with Gasteiger partial charge in [-0.2, -0.15) is 4.98 Å². The summed E-state index contributed by atoms with van der Waals surface area (Å²) in [6.07, 6.45) is 1.48. The highest BCUT2D eigenvalue weighted by molar-refractivity contribution is 9.10. The van der Waals surface area contributed by atoms with Gasteiger partial charge in [0, 0.05) is 6.07 Å². The molecule has 0 atom stereocenters. The highest BCUT2D eigenvalue weighted by Crippen LogP contribution is 2.23. The van der Waals surface area contributed by atoms with Crippen LogP contribution >= 0.6 is 15.9 Å². The van der Waals surface area contributed by atoms with Gasteiger partial charge in [-0.1, -0.05) is 5.16 Å². The normalized spacial score (nSPS) is 10.6. The summed E-state index contributed by atoms with van der Waals surface area (Å²) in [5.41, 5.74) is 0.680. The second-order valence-corrected chi connectivity index (χ2v) is 3.09. The van der Waals surface area contributed by atoms with Crippen LogP contribution in [0.5, 0.6) is 0 Å². The number of hydrogen-bond donors (Lipinski definition) is 1. The first kappa shape index (κ1) is 8.46. The SMILES string of the molecule is OCc1noc(-c2coc(Br)c2)n1. The van der Waals surface area contributed by atoms with E-state index >= 15 is 0 Å². The lowest BCUT2D eigenvalue weighted by Crippen LogP contribution is -1.84. The van der Waals surface area contributed by atoms with E-state index in [1.807, 2.05) is 0 Å². The van der Waals surface area contributed by atoms with Crippen LogP contribution in [0.25, 0.3) is 11.5 Å². The first-order valence-electron chi connectivity index (χ1n) is 3.47. The van der Waals surface area contributed by atoms with Crippen LogP contribution in [-0.4, -0.2) is 15.2 Å². The van der Waals surface area contributed by atoms with E-state index < -0.39 is 0 Å². The molecule has 0 aliphatic heterocycles. The molecule has 0 bridgehead atoms. The van der Waals surface area contributed by atoms with E-state index in [-0.39, 0.29) is 12.4 Å². The van der Waals surface area contributed by atoms with Crippen molar-refractivity contribution in [2.24, 2.45) is 0 Å². The zero-order valence-corrected chi connectivity index (χ0v) is 7.98. The molecule has 13 heavy (non-hydrogen) atoms. The molecule has 0 fully saturated rings. The van der Waals surface area contributed by atoms with E-state index in [0.29, 0.717) is 16.1 Å². The average Bonchev–Trinajstić information content (AvgIpc) is 2.71. The molecule has 2 heterocycles. The molecule has 0 amide bonds. The van der Waals surface area contributed by atoms with Gasteiger partial charge in [0.15, 0.2) is 10.5 Å². The molecule has 2 rings (SSSR count). The Hall–Kier alpha value is -1.14. The molecule has 0 aromatic carbocycles. The lowest BCUT2D eigenvalue weighted by atomic mass is 10.3. The quantitative estimate of drug-likeness (QED) is 0.869. The van der Waals surface area contributed by atoms with Crippen molar-refractivity contribution in [3.8, 4) is 11.5 Å². The number of halogens is 1. The second-order valence-electron chi connectivity index (χ2n) is 2.31. The largest absolute Gasteiger partial charge is 0.457 e. The Balaban J connectivity index is 2.35. The van der Waals surface area contributed by atoms with Gasteiger partial charge < -0.3 is 14.0 Å².